The number of benzene rings is 10. The van der Waals surface area contributed by atoms with Gasteiger partial charge in [0.05, 0.1) is 11.1 Å². The first-order valence-corrected chi connectivity index (χ1v) is 22.8. The number of rotatable bonds is 7. The van der Waals surface area contributed by atoms with E-state index in [1.54, 1.807) is 0 Å². The molecule has 0 fully saturated rings. The molecule has 0 amide bonds. The standard InChI is InChI=1S/C64H47N/c1-63(2)56-32-16-14-30-53(56)54-42-39-46(43-60(54)63)44-37-40-49(41-38-44)65(48-25-10-5-11-26-48)61-36-19-18-34-58(61)64(47-23-8-4-9-24-47)57-33-17-15-29-52(57)50-27-12-13-28-51(50)55-31-20-35-59(64)62(55)45-21-6-3-7-22-45/h3-43H,1-2H3. The van der Waals surface area contributed by atoms with Gasteiger partial charge in [0.15, 0.2) is 0 Å². The SMILES string of the molecule is CC1(C)c2ccccc2-c2ccc(-c3ccc(N(c4ccccc4)c4ccccc4C4(c5ccccc5)c5ccccc5-c5ccccc5-c5cccc4c5-c4ccccc4)cc3)cc21. The highest BCUT2D eigenvalue weighted by Gasteiger charge is 2.46. The van der Waals surface area contributed by atoms with Crippen LogP contribution in [0.1, 0.15) is 47.2 Å². The van der Waals surface area contributed by atoms with E-state index in [1.807, 2.05) is 0 Å². The Bertz CT molecular complexity index is 3380. The van der Waals surface area contributed by atoms with E-state index in [-0.39, 0.29) is 5.41 Å². The summed E-state index contributed by atoms with van der Waals surface area (Å²) < 4.78 is 0. The molecule has 10 aromatic carbocycles. The van der Waals surface area contributed by atoms with Gasteiger partial charge in [-0.1, -0.05) is 226 Å². The summed E-state index contributed by atoms with van der Waals surface area (Å²) in [6, 6.07) is 92.4. The van der Waals surface area contributed by atoms with E-state index in [9.17, 15) is 0 Å². The molecule has 0 N–H and O–H groups in total. The highest BCUT2D eigenvalue weighted by Crippen LogP contribution is 2.58. The van der Waals surface area contributed by atoms with Gasteiger partial charge in [0.2, 0.25) is 0 Å². The van der Waals surface area contributed by atoms with Crippen molar-refractivity contribution in [3.63, 3.8) is 0 Å². The van der Waals surface area contributed by atoms with Gasteiger partial charge in [-0.15, -0.1) is 0 Å². The lowest BCUT2D eigenvalue weighted by atomic mass is 9.60. The van der Waals surface area contributed by atoms with Crippen LogP contribution in [0, 0.1) is 0 Å². The Morgan fingerprint density at radius 2 is 0.769 bits per heavy atom. The Balaban J connectivity index is 1.12. The van der Waals surface area contributed by atoms with Crippen LogP contribution in [0.25, 0.3) is 55.6 Å². The first-order chi connectivity index (χ1) is 32.0. The van der Waals surface area contributed by atoms with Crippen molar-refractivity contribution in [2.45, 2.75) is 24.7 Å². The van der Waals surface area contributed by atoms with E-state index in [2.05, 4.69) is 267 Å². The zero-order valence-electron chi connectivity index (χ0n) is 36.6. The fourth-order valence-corrected chi connectivity index (χ4v) is 11.3. The van der Waals surface area contributed by atoms with Crippen molar-refractivity contribution in [2.24, 2.45) is 0 Å². The van der Waals surface area contributed by atoms with Crippen molar-refractivity contribution in [1.82, 2.24) is 0 Å². The monoisotopic (exact) mass is 829 g/mol. The molecule has 0 aromatic heterocycles. The molecule has 2 aliphatic rings. The van der Waals surface area contributed by atoms with E-state index < -0.39 is 5.41 Å². The van der Waals surface area contributed by atoms with E-state index in [1.165, 1.54) is 89.0 Å². The summed E-state index contributed by atoms with van der Waals surface area (Å²) in [7, 11) is 0. The molecule has 0 saturated carbocycles. The Morgan fingerprint density at radius 3 is 1.48 bits per heavy atom. The first-order valence-electron chi connectivity index (χ1n) is 22.8. The fraction of sp³-hybridized carbons (Fsp3) is 0.0625. The summed E-state index contributed by atoms with van der Waals surface area (Å²) in [5.41, 5.74) is 22.6. The molecule has 65 heavy (non-hydrogen) atoms. The number of fused-ring (bicyclic) bond motifs is 9. The zero-order chi connectivity index (χ0) is 43.5. The van der Waals surface area contributed by atoms with Gasteiger partial charge in [0, 0.05) is 16.8 Å². The minimum absolute atomic E-state index is 0.0674. The Kier molecular flexibility index (Phi) is 9.14. The minimum atomic E-state index is -0.773. The Labute approximate surface area is 382 Å². The average molecular weight is 830 g/mol. The van der Waals surface area contributed by atoms with Gasteiger partial charge in [-0.25, -0.2) is 0 Å². The highest BCUT2D eigenvalue weighted by molar-refractivity contribution is 5.98. The molecule has 308 valence electrons. The molecule has 1 unspecified atom stereocenters. The molecule has 0 radical (unpaired) electrons. The molecule has 2 bridgehead atoms. The number of hydrogen-bond acceptors (Lipinski definition) is 1. The maximum atomic E-state index is 2.47. The molecule has 0 heterocycles. The largest absolute Gasteiger partial charge is 0.310 e. The molecule has 12 rings (SSSR count). The average Bonchev–Trinajstić information content (AvgIpc) is 3.60. The van der Waals surface area contributed by atoms with Crippen LogP contribution < -0.4 is 4.90 Å². The summed E-state index contributed by atoms with van der Waals surface area (Å²) in [4.78, 5) is 2.47. The lowest BCUT2D eigenvalue weighted by Gasteiger charge is -2.43. The van der Waals surface area contributed by atoms with Gasteiger partial charge in [0.1, 0.15) is 0 Å². The summed E-state index contributed by atoms with van der Waals surface area (Å²) in [5, 5.41) is 0. The molecule has 10 aromatic rings. The second-order valence-corrected chi connectivity index (χ2v) is 18.0. The fourth-order valence-electron chi connectivity index (χ4n) is 11.3. The predicted octanol–water partition coefficient (Wildman–Crippen LogP) is 16.8. The Morgan fingerprint density at radius 1 is 0.292 bits per heavy atom. The van der Waals surface area contributed by atoms with Crippen molar-refractivity contribution in [3.8, 4) is 55.6 Å². The second-order valence-electron chi connectivity index (χ2n) is 18.0. The third-order valence-electron chi connectivity index (χ3n) is 14.2. The van der Waals surface area contributed by atoms with Crippen molar-refractivity contribution < 1.29 is 0 Å². The molecule has 0 saturated heterocycles. The topological polar surface area (TPSA) is 3.24 Å². The summed E-state index contributed by atoms with van der Waals surface area (Å²) in [6.07, 6.45) is 0. The van der Waals surface area contributed by atoms with Crippen molar-refractivity contribution in [2.75, 3.05) is 4.90 Å². The smallest absolute Gasteiger partial charge is 0.0734 e. The third kappa shape index (κ3) is 6.00. The van der Waals surface area contributed by atoms with E-state index >= 15 is 0 Å². The maximum absolute atomic E-state index is 2.47. The van der Waals surface area contributed by atoms with Crippen LogP contribution in [0.15, 0.2) is 249 Å². The van der Waals surface area contributed by atoms with Gasteiger partial charge in [-0.2, -0.15) is 0 Å². The summed E-state index contributed by atoms with van der Waals surface area (Å²) >= 11 is 0. The molecular weight excluding hydrogens is 783 g/mol. The van der Waals surface area contributed by atoms with Crippen LogP contribution in [0.4, 0.5) is 17.1 Å². The van der Waals surface area contributed by atoms with Crippen molar-refractivity contribution in [1.29, 1.82) is 0 Å². The van der Waals surface area contributed by atoms with Gasteiger partial charge in [-0.3, -0.25) is 0 Å². The molecular formula is C64H47N. The lowest BCUT2D eigenvalue weighted by molar-refractivity contribution is 0.660. The molecule has 0 spiro atoms. The summed E-state index contributed by atoms with van der Waals surface area (Å²) in [5.74, 6) is 0. The van der Waals surface area contributed by atoms with Crippen LogP contribution >= 0.6 is 0 Å². The van der Waals surface area contributed by atoms with Gasteiger partial charge >= 0.3 is 0 Å². The van der Waals surface area contributed by atoms with E-state index in [0.717, 1.165) is 17.1 Å². The van der Waals surface area contributed by atoms with Crippen molar-refractivity contribution in [3.05, 3.63) is 282 Å². The van der Waals surface area contributed by atoms with Gasteiger partial charge < -0.3 is 4.90 Å². The number of para-hydroxylation sites is 2. The number of hydrogen-bond donors (Lipinski definition) is 0. The highest BCUT2D eigenvalue weighted by atomic mass is 15.1. The molecule has 2 aliphatic carbocycles. The predicted molar refractivity (Wildman–Crippen MR) is 272 cm³/mol. The maximum Gasteiger partial charge on any atom is 0.0734 e. The normalized spacial score (nSPS) is 15.1. The third-order valence-corrected chi connectivity index (χ3v) is 14.2. The van der Waals surface area contributed by atoms with Crippen LogP contribution in [0.2, 0.25) is 0 Å². The molecule has 1 heteroatoms. The minimum Gasteiger partial charge on any atom is -0.310 e. The quantitative estimate of drug-likeness (QED) is 0.155. The van der Waals surface area contributed by atoms with Crippen LogP contribution in [-0.2, 0) is 10.8 Å². The number of anilines is 3. The van der Waals surface area contributed by atoms with Crippen molar-refractivity contribution >= 4 is 17.1 Å². The first kappa shape index (κ1) is 38.7. The lowest BCUT2D eigenvalue weighted by Crippen LogP contribution is -2.34. The van der Waals surface area contributed by atoms with Gasteiger partial charge in [0.25, 0.3) is 0 Å². The number of nitrogens with zero attached hydrogens (tertiary/aromatic N) is 1. The Hall–Kier alpha value is -8.00. The van der Waals surface area contributed by atoms with Crippen LogP contribution in [0.3, 0.4) is 0 Å². The zero-order valence-corrected chi connectivity index (χ0v) is 36.6. The van der Waals surface area contributed by atoms with Crippen LogP contribution in [0.5, 0.6) is 0 Å². The summed E-state index contributed by atoms with van der Waals surface area (Å²) in [6.45, 7) is 4.71. The molecule has 1 atom stereocenters. The van der Waals surface area contributed by atoms with Crippen LogP contribution in [-0.4, -0.2) is 0 Å². The molecule has 0 aliphatic heterocycles. The van der Waals surface area contributed by atoms with E-state index in [4.69, 9.17) is 0 Å². The second kappa shape index (κ2) is 15.4. The van der Waals surface area contributed by atoms with E-state index in [0.29, 0.717) is 0 Å². The van der Waals surface area contributed by atoms with Gasteiger partial charge in [-0.05, 0) is 125 Å². The molecule has 1 nitrogen and oxygen atoms in total.